The molecule has 0 radical (unpaired) electrons. The Labute approximate surface area is 503 Å². The summed E-state index contributed by atoms with van der Waals surface area (Å²) in [5.74, 6) is -0.675. The molecular formula is C77H114O5. The molecule has 1 atom stereocenters. The Balaban J connectivity index is 3.71. The van der Waals surface area contributed by atoms with Crippen LogP contribution >= 0.6 is 0 Å². The van der Waals surface area contributed by atoms with Crippen LogP contribution in [0.4, 0.5) is 0 Å². The third-order valence-corrected chi connectivity index (χ3v) is 12.5. The highest BCUT2D eigenvalue weighted by Gasteiger charge is 2.16. The molecule has 0 rings (SSSR count). The molecule has 0 bridgehead atoms. The first-order chi connectivity index (χ1) is 40.6. The third kappa shape index (κ3) is 66.5. The summed E-state index contributed by atoms with van der Waals surface area (Å²) in [7, 11) is 0. The number of aliphatic hydroxyl groups is 1. The van der Waals surface area contributed by atoms with Crippen molar-refractivity contribution < 1.29 is 24.2 Å². The monoisotopic (exact) mass is 1120 g/mol. The van der Waals surface area contributed by atoms with E-state index in [1.54, 1.807) is 0 Å². The van der Waals surface area contributed by atoms with E-state index in [9.17, 15) is 14.7 Å². The van der Waals surface area contributed by atoms with Gasteiger partial charge in [-0.3, -0.25) is 9.59 Å². The van der Waals surface area contributed by atoms with Crippen LogP contribution in [0.5, 0.6) is 0 Å². The molecule has 0 aliphatic heterocycles. The van der Waals surface area contributed by atoms with Crippen LogP contribution in [0.25, 0.3) is 0 Å². The molecule has 82 heavy (non-hydrogen) atoms. The predicted molar refractivity (Wildman–Crippen MR) is 361 cm³/mol. The minimum absolute atomic E-state index is 0.110. The predicted octanol–water partition coefficient (Wildman–Crippen LogP) is 22.5. The van der Waals surface area contributed by atoms with Crippen molar-refractivity contribution in [1.29, 1.82) is 0 Å². The van der Waals surface area contributed by atoms with Crippen molar-refractivity contribution in [1.82, 2.24) is 0 Å². The van der Waals surface area contributed by atoms with Crippen LogP contribution in [0, 0.1) is 0 Å². The van der Waals surface area contributed by atoms with Gasteiger partial charge in [0.25, 0.3) is 0 Å². The first kappa shape index (κ1) is 76.0. The van der Waals surface area contributed by atoms with Gasteiger partial charge in [0.2, 0.25) is 0 Å². The fourth-order valence-corrected chi connectivity index (χ4v) is 7.75. The number of ether oxygens (including phenoxy) is 2. The Bertz CT molecular complexity index is 2040. The van der Waals surface area contributed by atoms with Gasteiger partial charge in [0.1, 0.15) is 6.61 Å². The van der Waals surface area contributed by atoms with Crippen LogP contribution in [0.15, 0.2) is 231 Å². The van der Waals surface area contributed by atoms with Gasteiger partial charge in [-0.05, 0) is 161 Å². The second kappa shape index (κ2) is 69.2. The van der Waals surface area contributed by atoms with E-state index in [0.717, 1.165) is 167 Å². The van der Waals surface area contributed by atoms with E-state index in [2.05, 4.69) is 245 Å². The molecule has 1 N–H and O–H groups in total. The van der Waals surface area contributed by atoms with Gasteiger partial charge < -0.3 is 14.6 Å². The highest BCUT2D eigenvalue weighted by Crippen LogP contribution is 2.12. The summed E-state index contributed by atoms with van der Waals surface area (Å²) >= 11 is 0. The van der Waals surface area contributed by atoms with E-state index in [1.165, 1.54) is 25.7 Å². The van der Waals surface area contributed by atoms with Gasteiger partial charge in [-0.1, -0.05) is 277 Å². The molecule has 5 heteroatoms. The maximum Gasteiger partial charge on any atom is 0.306 e. The van der Waals surface area contributed by atoms with E-state index < -0.39 is 6.10 Å². The van der Waals surface area contributed by atoms with Crippen LogP contribution in [0.1, 0.15) is 219 Å². The second-order valence-electron chi connectivity index (χ2n) is 20.0. The summed E-state index contributed by atoms with van der Waals surface area (Å²) in [4.78, 5) is 24.6. The number of rotatable bonds is 55. The van der Waals surface area contributed by atoms with Gasteiger partial charge >= 0.3 is 11.9 Å². The van der Waals surface area contributed by atoms with Crippen LogP contribution in [-0.4, -0.2) is 36.4 Å². The van der Waals surface area contributed by atoms with Crippen molar-refractivity contribution in [2.75, 3.05) is 13.2 Å². The Morgan fingerprint density at radius 1 is 0.280 bits per heavy atom. The second-order valence-corrected chi connectivity index (χ2v) is 20.0. The molecule has 0 aliphatic rings. The van der Waals surface area contributed by atoms with Crippen LogP contribution < -0.4 is 0 Å². The summed E-state index contributed by atoms with van der Waals surface area (Å²) in [6, 6.07) is 0. The van der Waals surface area contributed by atoms with Crippen molar-refractivity contribution in [3.63, 3.8) is 0 Å². The number of carbonyl (C=O) groups excluding carboxylic acids is 2. The van der Waals surface area contributed by atoms with Crippen molar-refractivity contribution in [2.24, 2.45) is 0 Å². The van der Waals surface area contributed by atoms with Crippen molar-refractivity contribution >= 4 is 11.9 Å². The smallest absolute Gasteiger partial charge is 0.306 e. The van der Waals surface area contributed by atoms with Gasteiger partial charge in [-0.25, -0.2) is 0 Å². The normalized spacial score (nSPS) is 13.8. The Morgan fingerprint density at radius 3 is 0.756 bits per heavy atom. The molecule has 452 valence electrons. The largest absolute Gasteiger partial charge is 0.462 e. The summed E-state index contributed by atoms with van der Waals surface area (Å²) < 4.78 is 10.7. The van der Waals surface area contributed by atoms with Crippen LogP contribution in [0.2, 0.25) is 0 Å². The number of hydrogen-bond donors (Lipinski definition) is 1. The lowest BCUT2D eigenvalue weighted by Gasteiger charge is -2.15. The minimum atomic E-state index is -0.817. The Kier molecular flexibility index (Phi) is 64.1. The zero-order chi connectivity index (χ0) is 59.1. The number of carbonyl (C=O) groups is 2. The summed E-state index contributed by atoms with van der Waals surface area (Å²) in [6.07, 6.45) is 115. The zero-order valence-electron chi connectivity index (χ0n) is 51.6. The molecule has 5 nitrogen and oxygen atoms in total. The highest BCUT2D eigenvalue weighted by molar-refractivity contribution is 5.70. The molecular weight excluding hydrogens is 1000 g/mol. The van der Waals surface area contributed by atoms with Crippen LogP contribution in [-0.2, 0) is 19.1 Å². The molecule has 0 saturated carbocycles. The topological polar surface area (TPSA) is 72.8 Å². The van der Waals surface area contributed by atoms with Gasteiger partial charge in [0.05, 0.1) is 6.61 Å². The molecule has 0 heterocycles. The van der Waals surface area contributed by atoms with Gasteiger partial charge in [0.15, 0.2) is 6.10 Å². The van der Waals surface area contributed by atoms with Crippen molar-refractivity contribution in [2.45, 2.75) is 225 Å². The number of unbranched alkanes of at least 4 members (excludes halogenated alkanes) is 9. The number of aliphatic hydroxyl groups excluding tert-OH is 1. The third-order valence-electron chi connectivity index (χ3n) is 12.5. The summed E-state index contributed by atoms with van der Waals surface area (Å²) in [6.45, 7) is 3.84. The average molecular weight is 1120 g/mol. The zero-order valence-corrected chi connectivity index (χ0v) is 51.6. The standard InChI is InChI=1S/C77H114O5/c1-3-5-7-9-11-13-15-17-19-21-23-25-27-29-31-32-33-34-35-36-37-38-39-40-41-42-43-44-46-48-50-52-54-56-58-60-62-64-66-68-70-72-77(80)82-75(73-78)74-81-76(79)71-69-67-65-63-61-59-57-55-53-51-49-47-45-30-28-26-24-22-20-18-16-14-12-10-8-6-4-2/h5-8,11-14,17-20,23-26,29-31,33-34,36-37,39-40,42-43,45-46,48-49,51-52,54-55,57,61,63,75,78H,3-4,9-10,15-16,21-22,27-28,32,35,38,41,44,47,50,53,56,58-60,62,64-74H2,1-2H3/b7-5-,8-6-,13-11-,14-12-,19-17-,20-18-,25-23-,26-24-,31-29-,34-33-,37-36-,40-39-,43-42-,45-30-,48-46-,51-49-,54-52-,57-55-,63-61-. The minimum Gasteiger partial charge on any atom is -0.462 e. The highest BCUT2D eigenvalue weighted by atomic mass is 16.6. The summed E-state index contributed by atoms with van der Waals surface area (Å²) in [5.41, 5.74) is 0. The van der Waals surface area contributed by atoms with Crippen molar-refractivity contribution in [3.8, 4) is 0 Å². The van der Waals surface area contributed by atoms with Crippen molar-refractivity contribution in [3.05, 3.63) is 231 Å². The number of hydrogen-bond acceptors (Lipinski definition) is 5. The fourth-order valence-electron chi connectivity index (χ4n) is 7.75. The van der Waals surface area contributed by atoms with E-state index >= 15 is 0 Å². The van der Waals surface area contributed by atoms with E-state index in [1.807, 2.05) is 0 Å². The van der Waals surface area contributed by atoms with E-state index in [4.69, 9.17) is 9.47 Å². The van der Waals surface area contributed by atoms with Gasteiger partial charge in [-0.15, -0.1) is 0 Å². The maximum atomic E-state index is 12.3. The SMILES string of the molecule is CC/C=C\C/C=C\C/C=C\C/C=C\C/C=C\C/C=C\C/C=C\C/C=C\C/C=C\C/C=C\C/C=C\CCCCCCCCCC(=O)OC(CO)COC(=O)CCCC/C=C\C/C=C\C/C=C\C/C=C\C/C=C\C/C=C\C/C=C\C/C=C\CC. The van der Waals surface area contributed by atoms with Gasteiger partial charge in [-0.2, -0.15) is 0 Å². The molecule has 1 unspecified atom stereocenters. The molecule has 0 saturated heterocycles. The lowest BCUT2D eigenvalue weighted by Crippen LogP contribution is -2.28. The number of esters is 2. The fraction of sp³-hybridized carbons (Fsp3) is 0.481. The van der Waals surface area contributed by atoms with Crippen LogP contribution in [0.3, 0.4) is 0 Å². The molecule has 0 aromatic rings. The lowest BCUT2D eigenvalue weighted by molar-refractivity contribution is -0.161. The first-order valence-corrected chi connectivity index (χ1v) is 31.9. The first-order valence-electron chi connectivity index (χ1n) is 31.9. The molecule has 0 aromatic heterocycles. The Morgan fingerprint density at radius 2 is 0.488 bits per heavy atom. The molecule has 0 fully saturated rings. The molecule has 0 spiro atoms. The molecule has 0 amide bonds. The summed E-state index contributed by atoms with van der Waals surface area (Å²) in [5, 5.41) is 9.67. The van der Waals surface area contributed by atoms with E-state index in [0.29, 0.717) is 12.8 Å². The van der Waals surface area contributed by atoms with Gasteiger partial charge in [0, 0.05) is 12.8 Å². The molecule has 0 aliphatic carbocycles. The Hall–Kier alpha value is -6.04. The maximum absolute atomic E-state index is 12.3. The lowest BCUT2D eigenvalue weighted by atomic mass is 10.1. The quantitative estimate of drug-likeness (QED) is 0.0373. The van der Waals surface area contributed by atoms with E-state index in [-0.39, 0.29) is 25.2 Å². The average Bonchev–Trinajstić information content (AvgIpc) is 3.49. The molecule has 0 aromatic carbocycles. The number of allylic oxidation sites excluding steroid dienone is 38.